The van der Waals surface area contributed by atoms with Crippen LogP contribution in [-0.2, 0) is 10.4 Å². The summed E-state index contributed by atoms with van der Waals surface area (Å²) in [5.41, 5.74) is -0.687. The van der Waals surface area contributed by atoms with Gasteiger partial charge in [-0.1, -0.05) is 0 Å². The van der Waals surface area contributed by atoms with Gasteiger partial charge in [-0.2, -0.15) is 0 Å². The van der Waals surface area contributed by atoms with E-state index in [0.29, 0.717) is 5.56 Å². The van der Waals surface area contributed by atoms with Crippen molar-refractivity contribution in [1.29, 1.82) is 0 Å². The van der Waals surface area contributed by atoms with Crippen LogP contribution in [-0.4, -0.2) is 16.2 Å². The van der Waals surface area contributed by atoms with E-state index in [0.717, 1.165) is 0 Å². The third kappa shape index (κ3) is 1.33. The number of rotatable bonds is 0. The molecular weight excluding hydrogens is 184 g/mol. The molecule has 0 fully saturated rings. The van der Waals surface area contributed by atoms with Gasteiger partial charge >= 0.3 is 5.97 Å². The number of fused-ring (bicyclic) bond motifs is 1. The van der Waals surface area contributed by atoms with E-state index in [4.69, 9.17) is 4.74 Å². The molecule has 1 unspecified atom stereocenters. The summed E-state index contributed by atoms with van der Waals surface area (Å²) in [4.78, 5) is 11.1. The lowest BCUT2D eigenvalue weighted by atomic mass is 9.90. The zero-order valence-corrected chi connectivity index (χ0v) is 7.65. The summed E-state index contributed by atoms with van der Waals surface area (Å²) in [6.45, 7) is 1.54. The van der Waals surface area contributed by atoms with Gasteiger partial charge in [0.15, 0.2) is 0 Å². The molecule has 0 aliphatic carbocycles. The topological polar surface area (TPSA) is 66.8 Å². The Labute approximate surface area is 80.7 Å². The predicted octanol–water partition coefficient (Wildman–Crippen LogP) is 0.909. The second kappa shape index (κ2) is 2.72. The van der Waals surface area contributed by atoms with Crippen LogP contribution in [0.3, 0.4) is 0 Å². The lowest BCUT2D eigenvalue weighted by Crippen LogP contribution is -2.32. The number of phenolic OH excluding ortho intramolecular Hbond substituents is 1. The first-order chi connectivity index (χ1) is 6.49. The average Bonchev–Trinajstić information content (AvgIpc) is 2.00. The van der Waals surface area contributed by atoms with Crippen molar-refractivity contribution in [3.05, 3.63) is 23.8 Å². The lowest BCUT2D eigenvalue weighted by molar-refractivity contribution is -0.142. The predicted molar refractivity (Wildman–Crippen MR) is 47.9 cm³/mol. The van der Waals surface area contributed by atoms with Crippen molar-refractivity contribution < 1.29 is 19.7 Å². The molecule has 0 spiro atoms. The number of hydrogen-bond acceptors (Lipinski definition) is 4. The molecule has 0 saturated carbocycles. The largest absolute Gasteiger partial charge is 0.508 e. The molecule has 74 valence electrons. The second-order valence-electron chi connectivity index (χ2n) is 3.61. The van der Waals surface area contributed by atoms with Crippen LogP contribution in [0.15, 0.2) is 18.2 Å². The molecule has 1 aromatic rings. The quantitative estimate of drug-likeness (QED) is 0.476. The first-order valence-electron chi connectivity index (χ1n) is 4.25. The number of esters is 1. The molecule has 1 aliphatic heterocycles. The zero-order valence-electron chi connectivity index (χ0n) is 7.65. The van der Waals surface area contributed by atoms with E-state index < -0.39 is 11.6 Å². The summed E-state index contributed by atoms with van der Waals surface area (Å²) in [6.07, 6.45) is -0.0647. The van der Waals surface area contributed by atoms with E-state index in [1.54, 1.807) is 13.0 Å². The van der Waals surface area contributed by atoms with Crippen molar-refractivity contribution in [3.63, 3.8) is 0 Å². The Kier molecular flexibility index (Phi) is 1.75. The first kappa shape index (κ1) is 9.02. The van der Waals surface area contributed by atoms with Crippen LogP contribution in [0.4, 0.5) is 0 Å². The molecule has 0 radical (unpaired) electrons. The van der Waals surface area contributed by atoms with Crippen LogP contribution < -0.4 is 4.74 Å². The van der Waals surface area contributed by atoms with Gasteiger partial charge in [-0.15, -0.1) is 0 Å². The van der Waals surface area contributed by atoms with Crippen LogP contribution in [0, 0.1) is 0 Å². The molecular formula is C10H10O4. The molecule has 1 heterocycles. The second-order valence-corrected chi connectivity index (χ2v) is 3.61. The first-order valence-corrected chi connectivity index (χ1v) is 4.25. The van der Waals surface area contributed by atoms with Crippen molar-refractivity contribution in [3.8, 4) is 11.5 Å². The molecule has 0 amide bonds. The Bertz CT molecular complexity index is 395. The molecule has 4 nitrogen and oxygen atoms in total. The Hall–Kier alpha value is -1.55. The maximum Gasteiger partial charge on any atom is 0.314 e. The molecule has 1 atom stereocenters. The molecule has 0 aromatic heterocycles. The van der Waals surface area contributed by atoms with Crippen LogP contribution in [0.25, 0.3) is 0 Å². The van der Waals surface area contributed by atoms with Gasteiger partial charge in [0.25, 0.3) is 0 Å². The monoisotopic (exact) mass is 194 g/mol. The van der Waals surface area contributed by atoms with E-state index in [2.05, 4.69) is 0 Å². The van der Waals surface area contributed by atoms with Crippen LogP contribution in [0.2, 0.25) is 0 Å². The number of carbonyl (C=O) groups is 1. The highest BCUT2D eigenvalue weighted by Crippen LogP contribution is 2.38. The Morgan fingerprint density at radius 1 is 1.50 bits per heavy atom. The number of ether oxygens (including phenoxy) is 1. The smallest absolute Gasteiger partial charge is 0.314 e. The molecule has 4 heteroatoms. The fourth-order valence-corrected chi connectivity index (χ4v) is 1.58. The molecule has 1 aliphatic rings. The number of carbonyl (C=O) groups excluding carboxylic acids is 1. The van der Waals surface area contributed by atoms with Gasteiger partial charge in [0.2, 0.25) is 0 Å². The summed E-state index contributed by atoms with van der Waals surface area (Å²) >= 11 is 0. The third-order valence-corrected chi connectivity index (χ3v) is 2.26. The SMILES string of the molecule is CC1(O)CC(=O)Oc2cc(O)ccc21. The number of hydrogen-bond donors (Lipinski definition) is 2. The normalized spacial score (nSPS) is 25.4. The van der Waals surface area contributed by atoms with E-state index in [9.17, 15) is 15.0 Å². The van der Waals surface area contributed by atoms with Crippen LogP contribution in [0.5, 0.6) is 11.5 Å². The summed E-state index contributed by atoms with van der Waals surface area (Å²) < 4.78 is 4.89. The number of aliphatic hydroxyl groups is 1. The zero-order chi connectivity index (χ0) is 10.3. The fraction of sp³-hybridized carbons (Fsp3) is 0.300. The average molecular weight is 194 g/mol. The van der Waals surface area contributed by atoms with Gasteiger partial charge in [-0.25, -0.2) is 0 Å². The summed E-state index contributed by atoms with van der Waals surface area (Å²) in [5, 5.41) is 19.1. The fourth-order valence-electron chi connectivity index (χ4n) is 1.58. The maximum atomic E-state index is 11.1. The number of phenols is 1. The highest BCUT2D eigenvalue weighted by molar-refractivity contribution is 5.77. The minimum Gasteiger partial charge on any atom is -0.508 e. The van der Waals surface area contributed by atoms with Gasteiger partial charge in [-0.3, -0.25) is 4.79 Å². The van der Waals surface area contributed by atoms with Gasteiger partial charge in [0.05, 0.1) is 6.42 Å². The maximum absolute atomic E-state index is 11.1. The van der Waals surface area contributed by atoms with Gasteiger partial charge < -0.3 is 14.9 Å². The van der Waals surface area contributed by atoms with E-state index in [1.165, 1.54) is 12.1 Å². The highest BCUT2D eigenvalue weighted by Gasteiger charge is 2.35. The van der Waals surface area contributed by atoms with Crippen molar-refractivity contribution in [2.45, 2.75) is 18.9 Å². The molecule has 0 bridgehead atoms. The molecule has 2 N–H and O–H groups in total. The van der Waals surface area contributed by atoms with E-state index >= 15 is 0 Å². The van der Waals surface area contributed by atoms with Crippen molar-refractivity contribution in [1.82, 2.24) is 0 Å². The van der Waals surface area contributed by atoms with Crippen molar-refractivity contribution in [2.24, 2.45) is 0 Å². The minimum absolute atomic E-state index is 0.00856. The van der Waals surface area contributed by atoms with Gasteiger partial charge in [0.1, 0.15) is 17.1 Å². The van der Waals surface area contributed by atoms with Crippen molar-refractivity contribution >= 4 is 5.97 Å². The Morgan fingerprint density at radius 3 is 2.93 bits per heavy atom. The summed E-state index contributed by atoms with van der Waals surface area (Å²) in [6, 6.07) is 4.32. The third-order valence-electron chi connectivity index (χ3n) is 2.26. The minimum atomic E-state index is -1.21. The number of aromatic hydroxyl groups is 1. The molecule has 2 rings (SSSR count). The van der Waals surface area contributed by atoms with E-state index in [-0.39, 0.29) is 17.9 Å². The van der Waals surface area contributed by atoms with E-state index in [1.807, 2.05) is 0 Å². The molecule has 1 aromatic carbocycles. The van der Waals surface area contributed by atoms with Gasteiger partial charge in [-0.05, 0) is 19.1 Å². The van der Waals surface area contributed by atoms with Crippen LogP contribution in [0.1, 0.15) is 18.9 Å². The van der Waals surface area contributed by atoms with Crippen molar-refractivity contribution in [2.75, 3.05) is 0 Å². The van der Waals surface area contributed by atoms with Crippen LogP contribution >= 0.6 is 0 Å². The van der Waals surface area contributed by atoms with Gasteiger partial charge in [0, 0.05) is 11.6 Å². The number of benzene rings is 1. The standard InChI is InChI=1S/C10H10O4/c1-10(13)5-9(12)14-8-4-6(11)2-3-7(8)10/h2-4,11,13H,5H2,1H3. The molecule has 14 heavy (non-hydrogen) atoms. The lowest BCUT2D eigenvalue weighted by Gasteiger charge is -2.29. The Morgan fingerprint density at radius 2 is 2.21 bits per heavy atom. The Balaban J connectivity index is 2.57. The highest BCUT2D eigenvalue weighted by atomic mass is 16.5. The molecule has 0 saturated heterocycles. The summed E-state index contributed by atoms with van der Waals surface area (Å²) in [5.74, 6) is -0.256. The summed E-state index contributed by atoms with van der Waals surface area (Å²) in [7, 11) is 0.